The Balaban J connectivity index is 2.15. The molecule has 0 fully saturated rings. The van der Waals surface area contributed by atoms with Gasteiger partial charge >= 0.3 is 0 Å². The summed E-state index contributed by atoms with van der Waals surface area (Å²) in [6, 6.07) is 4.58. The standard InChI is InChI=1S/C12H11FN4O2/c1-18-11-5-10-9(4-8(11)13)16-12(14)17(10)6-7-2-3-15-19-7/h2-5H,6H2,1H3,(H2,14,16). The summed E-state index contributed by atoms with van der Waals surface area (Å²) in [7, 11) is 1.41. The molecule has 2 aromatic heterocycles. The Kier molecular flexibility index (Phi) is 2.59. The second-order valence-corrected chi connectivity index (χ2v) is 4.01. The van der Waals surface area contributed by atoms with Crippen molar-refractivity contribution in [1.29, 1.82) is 0 Å². The Labute approximate surface area is 107 Å². The third-order valence-corrected chi connectivity index (χ3v) is 2.86. The number of imidazole rings is 1. The summed E-state index contributed by atoms with van der Waals surface area (Å²) < 4.78 is 25.3. The fourth-order valence-electron chi connectivity index (χ4n) is 1.95. The zero-order chi connectivity index (χ0) is 13.4. The summed E-state index contributed by atoms with van der Waals surface area (Å²) in [4.78, 5) is 4.11. The lowest BCUT2D eigenvalue weighted by Gasteiger charge is -2.05. The van der Waals surface area contributed by atoms with Crippen LogP contribution in [-0.2, 0) is 6.54 Å². The molecule has 2 N–H and O–H groups in total. The van der Waals surface area contributed by atoms with Crippen LogP contribution in [0.1, 0.15) is 5.76 Å². The Morgan fingerprint density at radius 1 is 1.47 bits per heavy atom. The maximum absolute atomic E-state index is 13.6. The van der Waals surface area contributed by atoms with E-state index in [0.29, 0.717) is 23.3 Å². The van der Waals surface area contributed by atoms with Gasteiger partial charge in [-0.15, -0.1) is 0 Å². The molecule has 0 amide bonds. The van der Waals surface area contributed by atoms with Crippen LogP contribution < -0.4 is 10.5 Å². The molecule has 0 aliphatic rings. The van der Waals surface area contributed by atoms with Gasteiger partial charge in [-0.25, -0.2) is 9.37 Å². The topological polar surface area (TPSA) is 79.1 Å². The number of benzene rings is 1. The maximum Gasteiger partial charge on any atom is 0.201 e. The number of halogens is 1. The number of ether oxygens (including phenoxy) is 1. The summed E-state index contributed by atoms with van der Waals surface area (Å²) >= 11 is 0. The van der Waals surface area contributed by atoms with Gasteiger partial charge in [0, 0.05) is 18.2 Å². The van der Waals surface area contributed by atoms with Gasteiger partial charge in [-0.3, -0.25) is 0 Å². The smallest absolute Gasteiger partial charge is 0.201 e. The molecule has 0 atom stereocenters. The highest BCUT2D eigenvalue weighted by Crippen LogP contribution is 2.26. The van der Waals surface area contributed by atoms with Crippen molar-refractivity contribution in [3.05, 3.63) is 36.0 Å². The number of hydrogen-bond acceptors (Lipinski definition) is 5. The van der Waals surface area contributed by atoms with E-state index < -0.39 is 5.82 Å². The van der Waals surface area contributed by atoms with E-state index in [0.717, 1.165) is 0 Å². The summed E-state index contributed by atoms with van der Waals surface area (Å²) in [5.41, 5.74) is 6.98. The number of hydrogen-bond donors (Lipinski definition) is 1. The normalized spacial score (nSPS) is 11.1. The van der Waals surface area contributed by atoms with Crippen molar-refractivity contribution in [3.63, 3.8) is 0 Å². The molecule has 0 unspecified atom stereocenters. The molecular formula is C12H11FN4O2. The summed E-state index contributed by atoms with van der Waals surface area (Å²) in [6.45, 7) is 0.372. The molecule has 2 heterocycles. The van der Waals surface area contributed by atoms with Crippen LogP contribution in [0, 0.1) is 5.82 Å². The van der Waals surface area contributed by atoms with Crippen LogP contribution in [0.5, 0.6) is 5.75 Å². The number of nitrogen functional groups attached to an aromatic ring is 1. The maximum atomic E-state index is 13.6. The third-order valence-electron chi connectivity index (χ3n) is 2.86. The lowest BCUT2D eigenvalue weighted by Crippen LogP contribution is -2.04. The molecule has 0 saturated heterocycles. The minimum Gasteiger partial charge on any atom is -0.494 e. The molecule has 0 saturated carbocycles. The van der Waals surface area contributed by atoms with Crippen LogP contribution in [0.25, 0.3) is 11.0 Å². The molecule has 0 radical (unpaired) electrons. The molecule has 0 spiro atoms. The fraction of sp³-hybridized carbons (Fsp3) is 0.167. The molecule has 1 aromatic carbocycles. The number of aromatic nitrogens is 3. The van der Waals surface area contributed by atoms with Gasteiger partial charge < -0.3 is 19.6 Å². The van der Waals surface area contributed by atoms with Gasteiger partial charge in [0.05, 0.1) is 30.9 Å². The Hall–Kier alpha value is -2.57. The number of rotatable bonds is 3. The molecule has 98 valence electrons. The molecular weight excluding hydrogens is 251 g/mol. The van der Waals surface area contributed by atoms with E-state index in [1.54, 1.807) is 22.9 Å². The van der Waals surface area contributed by atoms with E-state index in [4.69, 9.17) is 15.0 Å². The van der Waals surface area contributed by atoms with Crippen molar-refractivity contribution < 1.29 is 13.7 Å². The molecule has 3 aromatic rings. The molecule has 3 rings (SSSR count). The number of nitrogens with two attached hydrogens (primary N) is 1. The van der Waals surface area contributed by atoms with Gasteiger partial charge in [-0.2, -0.15) is 0 Å². The molecule has 0 bridgehead atoms. The van der Waals surface area contributed by atoms with E-state index in [-0.39, 0.29) is 11.7 Å². The van der Waals surface area contributed by atoms with E-state index >= 15 is 0 Å². The van der Waals surface area contributed by atoms with Crippen molar-refractivity contribution in [2.24, 2.45) is 0 Å². The van der Waals surface area contributed by atoms with Gasteiger partial charge in [0.15, 0.2) is 17.3 Å². The SMILES string of the molecule is COc1cc2c(cc1F)nc(N)n2Cc1ccno1. The van der Waals surface area contributed by atoms with E-state index in [2.05, 4.69) is 10.1 Å². The van der Waals surface area contributed by atoms with Crippen LogP contribution in [-0.4, -0.2) is 21.8 Å². The van der Waals surface area contributed by atoms with Crippen LogP contribution in [0.4, 0.5) is 10.3 Å². The quantitative estimate of drug-likeness (QED) is 0.778. The average Bonchev–Trinajstić information content (AvgIpc) is 2.98. The minimum atomic E-state index is -0.473. The van der Waals surface area contributed by atoms with Crippen LogP contribution in [0.2, 0.25) is 0 Å². The van der Waals surface area contributed by atoms with E-state index in [9.17, 15) is 4.39 Å². The Morgan fingerprint density at radius 3 is 3.00 bits per heavy atom. The van der Waals surface area contributed by atoms with Crippen molar-refractivity contribution in [3.8, 4) is 5.75 Å². The average molecular weight is 262 g/mol. The molecule has 0 aliphatic heterocycles. The first-order valence-electron chi connectivity index (χ1n) is 5.58. The van der Waals surface area contributed by atoms with Gasteiger partial charge in [0.1, 0.15) is 0 Å². The van der Waals surface area contributed by atoms with Gasteiger partial charge in [0.25, 0.3) is 0 Å². The molecule has 0 aliphatic carbocycles. The van der Waals surface area contributed by atoms with Crippen LogP contribution in [0.15, 0.2) is 28.9 Å². The first-order valence-corrected chi connectivity index (χ1v) is 5.58. The first kappa shape index (κ1) is 11.5. The predicted octanol–water partition coefficient (Wildman–Crippen LogP) is 1.80. The Bertz CT molecular complexity index is 721. The highest BCUT2D eigenvalue weighted by Gasteiger charge is 2.14. The Morgan fingerprint density at radius 2 is 2.32 bits per heavy atom. The molecule has 7 heteroatoms. The lowest BCUT2D eigenvalue weighted by molar-refractivity contribution is 0.377. The van der Waals surface area contributed by atoms with Gasteiger partial charge in [-0.1, -0.05) is 5.16 Å². The van der Waals surface area contributed by atoms with Crippen molar-refractivity contribution in [1.82, 2.24) is 14.7 Å². The zero-order valence-corrected chi connectivity index (χ0v) is 10.1. The van der Waals surface area contributed by atoms with Crippen molar-refractivity contribution in [2.75, 3.05) is 12.8 Å². The van der Waals surface area contributed by atoms with Crippen LogP contribution >= 0.6 is 0 Å². The number of fused-ring (bicyclic) bond motifs is 1. The first-order chi connectivity index (χ1) is 9.19. The second kappa shape index (κ2) is 4.27. The highest BCUT2D eigenvalue weighted by molar-refractivity contribution is 5.80. The molecule has 6 nitrogen and oxygen atoms in total. The monoisotopic (exact) mass is 262 g/mol. The summed E-state index contributed by atoms with van der Waals surface area (Å²) in [5.74, 6) is 0.582. The minimum absolute atomic E-state index is 0.145. The zero-order valence-electron chi connectivity index (χ0n) is 10.1. The fourth-order valence-corrected chi connectivity index (χ4v) is 1.95. The summed E-state index contributed by atoms with van der Waals surface area (Å²) in [5, 5.41) is 3.63. The predicted molar refractivity (Wildman–Crippen MR) is 66.3 cm³/mol. The molecule has 19 heavy (non-hydrogen) atoms. The van der Waals surface area contributed by atoms with Crippen molar-refractivity contribution >= 4 is 17.0 Å². The van der Waals surface area contributed by atoms with Gasteiger partial charge in [0.2, 0.25) is 5.95 Å². The number of anilines is 1. The van der Waals surface area contributed by atoms with Crippen molar-refractivity contribution in [2.45, 2.75) is 6.54 Å². The third kappa shape index (κ3) is 1.88. The summed E-state index contributed by atoms with van der Waals surface area (Å²) in [6.07, 6.45) is 1.55. The highest BCUT2D eigenvalue weighted by atomic mass is 19.1. The van der Waals surface area contributed by atoms with Crippen LogP contribution in [0.3, 0.4) is 0 Å². The van der Waals surface area contributed by atoms with E-state index in [1.165, 1.54) is 13.2 Å². The second-order valence-electron chi connectivity index (χ2n) is 4.01. The number of nitrogens with zero attached hydrogens (tertiary/aromatic N) is 3. The van der Waals surface area contributed by atoms with Gasteiger partial charge in [-0.05, 0) is 0 Å². The number of methoxy groups -OCH3 is 1. The van der Waals surface area contributed by atoms with E-state index in [1.807, 2.05) is 0 Å². The lowest BCUT2D eigenvalue weighted by atomic mass is 10.3. The largest absolute Gasteiger partial charge is 0.494 e.